The fourth-order valence-electron chi connectivity index (χ4n) is 2.00. The number of imidazole rings is 1. The average Bonchev–Trinajstić information content (AvgIpc) is 2.67. The Balaban J connectivity index is 2.33. The van der Waals surface area contributed by atoms with Crippen molar-refractivity contribution in [2.24, 2.45) is 0 Å². The van der Waals surface area contributed by atoms with Crippen molar-refractivity contribution in [3.8, 4) is 0 Å². The molecule has 1 N–H and O–H groups in total. The molecular weight excluding hydrogens is 264 g/mol. The number of hydrogen-bond donors (Lipinski definition) is 1. The summed E-state index contributed by atoms with van der Waals surface area (Å²) >= 11 is 5.81. The smallest absolute Gasteiger partial charge is 0.216 e. The molecule has 0 aromatic carbocycles. The topological polar surface area (TPSA) is 59.8 Å². The third-order valence-electron chi connectivity index (χ3n) is 2.84. The predicted octanol–water partition coefficient (Wildman–Crippen LogP) is 1.66. The summed E-state index contributed by atoms with van der Waals surface area (Å²) < 4.78 is 2.03. The molecule has 0 saturated heterocycles. The van der Waals surface area contributed by atoms with Gasteiger partial charge in [0.15, 0.2) is 5.65 Å². The first-order valence-electron chi connectivity index (χ1n) is 6.25. The number of rotatable bonds is 5. The van der Waals surface area contributed by atoms with Crippen molar-refractivity contribution < 1.29 is 4.79 Å². The minimum atomic E-state index is -0.0348. The molecule has 2 aromatic heterocycles. The highest BCUT2D eigenvalue weighted by atomic mass is 35.5. The van der Waals surface area contributed by atoms with E-state index in [-0.39, 0.29) is 5.91 Å². The van der Waals surface area contributed by atoms with Gasteiger partial charge in [-0.15, -0.1) is 11.6 Å². The van der Waals surface area contributed by atoms with Crippen LogP contribution in [0.25, 0.3) is 11.2 Å². The number of aromatic nitrogens is 3. The predicted molar refractivity (Wildman–Crippen MR) is 75.4 cm³/mol. The van der Waals surface area contributed by atoms with E-state index in [1.807, 2.05) is 23.6 Å². The molecule has 0 aliphatic heterocycles. The highest BCUT2D eigenvalue weighted by Crippen LogP contribution is 2.15. The van der Waals surface area contributed by atoms with E-state index in [0.29, 0.717) is 25.4 Å². The molecule has 0 bridgehead atoms. The van der Waals surface area contributed by atoms with Crippen LogP contribution in [0.3, 0.4) is 0 Å². The normalized spacial score (nSPS) is 10.9. The van der Waals surface area contributed by atoms with Crippen LogP contribution in [-0.2, 0) is 17.8 Å². The summed E-state index contributed by atoms with van der Waals surface area (Å²) in [6.07, 6.45) is 0.692. The van der Waals surface area contributed by atoms with Crippen LogP contribution in [0.1, 0.15) is 18.4 Å². The molecule has 0 aliphatic rings. The van der Waals surface area contributed by atoms with Crippen LogP contribution in [-0.4, -0.2) is 32.9 Å². The molecule has 1 amide bonds. The van der Waals surface area contributed by atoms with Crippen molar-refractivity contribution in [2.75, 3.05) is 12.4 Å². The first-order valence-corrected chi connectivity index (χ1v) is 6.78. The Morgan fingerprint density at radius 1 is 1.42 bits per heavy atom. The van der Waals surface area contributed by atoms with Crippen LogP contribution in [0.4, 0.5) is 0 Å². The van der Waals surface area contributed by atoms with Gasteiger partial charge in [-0.3, -0.25) is 4.79 Å². The number of fused-ring (bicyclic) bond motifs is 1. The van der Waals surface area contributed by atoms with Crippen LogP contribution < -0.4 is 5.32 Å². The van der Waals surface area contributed by atoms with Crippen molar-refractivity contribution in [1.29, 1.82) is 0 Å². The second kappa shape index (κ2) is 6.02. The van der Waals surface area contributed by atoms with E-state index in [0.717, 1.165) is 22.7 Å². The van der Waals surface area contributed by atoms with Crippen molar-refractivity contribution >= 4 is 28.7 Å². The van der Waals surface area contributed by atoms with E-state index in [4.69, 9.17) is 11.6 Å². The first-order chi connectivity index (χ1) is 9.11. The molecule has 19 heavy (non-hydrogen) atoms. The Morgan fingerprint density at radius 3 is 2.89 bits per heavy atom. The summed E-state index contributed by atoms with van der Waals surface area (Å²) in [6.45, 7) is 4.67. The third-order valence-corrected chi connectivity index (χ3v) is 3.03. The summed E-state index contributed by atoms with van der Waals surface area (Å²) in [4.78, 5) is 20.0. The number of carbonyl (C=O) groups excluding carboxylic acids is 1. The SMILES string of the molecule is CC(=O)NCCn1c(CCCl)nc2ccc(C)nc21. The lowest BCUT2D eigenvalue weighted by Crippen LogP contribution is -2.25. The Hall–Kier alpha value is -1.62. The van der Waals surface area contributed by atoms with E-state index in [1.54, 1.807) is 0 Å². The van der Waals surface area contributed by atoms with Crippen LogP contribution in [0.2, 0.25) is 0 Å². The van der Waals surface area contributed by atoms with Gasteiger partial charge in [-0.1, -0.05) is 0 Å². The molecule has 0 aliphatic carbocycles. The molecule has 0 fully saturated rings. The van der Waals surface area contributed by atoms with Gasteiger partial charge in [0, 0.05) is 38.0 Å². The molecule has 2 aromatic rings. The summed E-state index contributed by atoms with van der Waals surface area (Å²) in [5.41, 5.74) is 2.67. The number of nitrogens with one attached hydrogen (secondary N) is 1. The quantitative estimate of drug-likeness (QED) is 0.848. The van der Waals surface area contributed by atoms with Crippen LogP contribution in [0.5, 0.6) is 0 Å². The molecule has 2 heterocycles. The minimum absolute atomic E-state index is 0.0348. The molecule has 0 radical (unpaired) electrons. The van der Waals surface area contributed by atoms with E-state index in [1.165, 1.54) is 6.92 Å². The number of hydrogen-bond acceptors (Lipinski definition) is 3. The zero-order valence-electron chi connectivity index (χ0n) is 11.1. The van der Waals surface area contributed by atoms with Crippen LogP contribution >= 0.6 is 11.6 Å². The van der Waals surface area contributed by atoms with Crippen LogP contribution in [0.15, 0.2) is 12.1 Å². The lowest BCUT2D eigenvalue weighted by Gasteiger charge is -2.08. The Morgan fingerprint density at radius 2 is 2.21 bits per heavy atom. The Kier molecular flexibility index (Phi) is 4.37. The number of nitrogens with zero attached hydrogens (tertiary/aromatic N) is 3. The monoisotopic (exact) mass is 280 g/mol. The van der Waals surface area contributed by atoms with Crippen molar-refractivity contribution in [1.82, 2.24) is 19.9 Å². The number of aryl methyl sites for hydroxylation is 2. The maximum absolute atomic E-state index is 10.9. The maximum Gasteiger partial charge on any atom is 0.216 e. The molecule has 2 rings (SSSR count). The molecule has 0 spiro atoms. The van der Waals surface area contributed by atoms with Crippen LogP contribution in [0, 0.1) is 6.92 Å². The van der Waals surface area contributed by atoms with E-state index >= 15 is 0 Å². The van der Waals surface area contributed by atoms with E-state index < -0.39 is 0 Å². The van der Waals surface area contributed by atoms with E-state index in [2.05, 4.69) is 15.3 Å². The second-order valence-corrected chi connectivity index (χ2v) is 4.77. The number of amides is 1. The lowest BCUT2D eigenvalue weighted by molar-refractivity contribution is -0.118. The fraction of sp³-hybridized carbons (Fsp3) is 0.462. The maximum atomic E-state index is 10.9. The van der Waals surface area contributed by atoms with Gasteiger partial charge in [0.25, 0.3) is 0 Å². The molecule has 0 saturated carbocycles. The zero-order chi connectivity index (χ0) is 13.8. The van der Waals surface area contributed by atoms with E-state index in [9.17, 15) is 4.79 Å². The largest absolute Gasteiger partial charge is 0.355 e. The first kappa shape index (κ1) is 13.8. The number of halogens is 1. The van der Waals surface area contributed by atoms with Crippen molar-refractivity contribution in [3.05, 3.63) is 23.7 Å². The van der Waals surface area contributed by atoms with Crippen molar-refractivity contribution in [2.45, 2.75) is 26.8 Å². The Bertz CT molecular complexity index is 594. The summed E-state index contributed by atoms with van der Waals surface area (Å²) in [5.74, 6) is 1.39. The van der Waals surface area contributed by atoms with Gasteiger partial charge in [0.05, 0.1) is 0 Å². The molecule has 5 nitrogen and oxygen atoms in total. The summed E-state index contributed by atoms with van der Waals surface area (Å²) in [5, 5.41) is 2.78. The van der Waals surface area contributed by atoms with Gasteiger partial charge in [-0.05, 0) is 19.1 Å². The summed E-state index contributed by atoms with van der Waals surface area (Å²) in [7, 11) is 0. The highest BCUT2D eigenvalue weighted by molar-refractivity contribution is 6.17. The molecule has 0 atom stereocenters. The second-order valence-electron chi connectivity index (χ2n) is 4.40. The number of alkyl halides is 1. The number of carbonyl (C=O) groups is 1. The van der Waals surface area contributed by atoms with Gasteiger partial charge in [0.2, 0.25) is 5.91 Å². The number of pyridine rings is 1. The van der Waals surface area contributed by atoms with Gasteiger partial charge in [-0.2, -0.15) is 0 Å². The molecule has 6 heteroatoms. The standard InChI is InChI=1S/C13H17ClN4O/c1-9-3-4-11-13(16-9)18(8-7-15-10(2)19)12(17-11)5-6-14/h3-4H,5-8H2,1-2H3,(H,15,19). The van der Waals surface area contributed by atoms with Gasteiger partial charge in [-0.25, -0.2) is 9.97 Å². The highest BCUT2D eigenvalue weighted by Gasteiger charge is 2.11. The van der Waals surface area contributed by atoms with Gasteiger partial charge < -0.3 is 9.88 Å². The average molecular weight is 281 g/mol. The fourth-order valence-corrected chi connectivity index (χ4v) is 2.17. The molecular formula is C13H17ClN4O. The summed E-state index contributed by atoms with van der Waals surface area (Å²) in [6, 6.07) is 3.91. The minimum Gasteiger partial charge on any atom is -0.355 e. The third kappa shape index (κ3) is 3.23. The molecule has 102 valence electrons. The van der Waals surface area contributed by atoms with Gasteiger partial charge >= 0.3 is 0 Å². The Labute approximate surface area is 117 Å². The van der Waals surface area contributed by atoms with Crippen molar-refractivity contribution in [3.63, 3.8) is 0 Å². The lowest BCUT2D eigenvalue weighted by atomic mass is 10.3. The van der Waals surface area contributed by atoms with Gasteiger partial charge in [0.1, 0.15) is 11.3 Å². The zero-order valence-corrected chi connectivity index (χ0v) is 11.9. The molecule has 0 unspecified atom stereocenters.